The molecule has 0 aromatic carbocycles. The minimum Gasteiger partial charge on any atom is -0.298 e. The van der Waals surface area contributed by atoms with Crippen LogP contribution in [0, 0.1) is 0 Å². The molecule has 0 aliphatic heterocycles. The molecule has 0 aliphatic rings. The Morgan fingerprint density at radius 1 is 1.05 bits per heavy atom. The first-order valence-corrected chi connectivity index (χ1v) is 5.79. The Balaban J connectivity index is 2.40. The smallest absolute Gasteiger partial charge is 0.298 e. The van der Waals surface area contributed by atoms with Gasteiger partial charge in [-0.25, -0.2) is 9.78 Å². The Hall–Kier alpha value is -2.63. The summed E-state index contributed by atoms with van der Waals surface area (Å²) in [5.74, 6) is 0. The maximum Gasteiger partial charge on any atom is 0.330 e. The molecule has 0 amide bonds. The summed E-state index contributed by atoms with van der Waals surface area (Å²) in [6.45, 7) is 0. The van der Waals surface area contributed by atoms with Crippen molar-refractivity contribution in [2.75, 3.05) is 0 Å². The number of hydrogen-bond donors (Lipinski definition) is 0. The van der Waals surface area contributed by atoms with E-state index in [2.05, 4.69) is 4.98 Å². The van der Waals surface area contributed by atoms with Gasteiger partial charge in [-0.1, -0.05) is 6.07 Å². The molecular formula is C13H12N4O2. The summed E-state index contributed by atoms with van der Waals surface area (Å²) in [4.78, 5) is 28.0. The van der Waals surface area contributed by atoms with E-state index in [4.69, 9.17) is 0 Å². The number of rotatable bonds is 1. The Bertz CT molecular complexity index is 886. The molecule has 0 bridgehead atoms. The minimum absolute atomic E-state index is 0.330. The van der Waals surface area contributed by atoms with Crippen LogP contribution in [0.15, 0.2) is 46.2 Å². The van der Waals surface area contributed by atoms with Crippen LogP contribution in [0.1, 0.15) is 0 Å². The molecule has 96 valence electrons. The average molecular weight is 256 g/mol. The molecular weight excluding hydrogens is 244 g/mol. The highest BCUT2D eigenvalue weighted by Gasteiger charge is 2.11. The number of hydrogen-bond acceptors (Lipinski definition) is 3. The lowest BCUT2D eigenvalue weighted by atomic mass is 10.3. The van der Waals surface area contributed by atoms with Crippen molar-refractivity contribution >= 4 is 5.65 Å². The van der Waals surface area contributed by atoms with Gasteiger partial charge in [0, 0.05) is 26.4 Å². The number of pyridine rings is 1. The second-order valence-electron chi connectivity index (χ2n) is 4.34. The number of aromatic nitrogens is 4. The van der Waals surface area contributed by atoms with Gasteiger partial charge in [-0.3, -0.25) is 18.3 Å². The van der Waals surface area contributed by atoms with Crippen LogP contribution in [-0.4, -0.2) is 18.5 Å². The SMILES string of the molecule is Cn1c(-c2cnc3ccccn23)cc(=O)n(C)c1=O. The third-order valence-electron chi connectivity index (χ3n) is 3.21. The van der Waals surface area contributed by atoms with Gasteiger partial charge in [0.2, 0.25) is 0 Å². The zero-order valence-corrected chi connectivity index (χ0v) is 10.6. The maximum atomic E-state index is 11.9. The van der Waals surface area contributed by atoms with Crippen LogP contribution in [0.2, 0.25) is 0 Å². The van der Waals surface area contributed by atoms with E-state index in [1.165, 1.54) is 17.7 Å². The van der Waals surface area contributed by atoms with Crippen molar-refractivity contribution < 1.29 is 0 Å². The fourth-order valence-corrected chi connectivity index (χ4v) is 2.10. The first kappa shape index (κ1) is 11.5. The van der Waals surface area contributed by atoms with Crippen molar-refractivity contribution in [3.63, 3.8) is 0 Å². The van der Waals surface area contributed by atoms with Gasteiger partial charge in [-0.2, -0.15) is 0 Å². The van der Waals surface area contributed by atoms with E-state index in [9.17, 15) is 9.59 Å². The van der Waals surface area contributed by atoms with Crippen LogP contribution in [-0.2, 0) is 14.1 Å². The van der Waals surface area contributed by atoms with Crippen LogP contribution in [0.5, 0.6) is 0 Å². The first-order chi connectivity index (χ1) is 9.09. The molecule has 0 N–H and O–H groups in total. The van der Waals surface area contributed by atoms with E-state index in [-0.39, 0.29) is 11.2 Å². The lowest BCUT2D eigenvalue weighted by Crippen LogP contribution is -2.37. The van der Waals surface area contributed by atoms with E-state index in [1.807, 2.05) is 28.8 Å². The van der Waals surface area contributed by atoms with Gasteiger partial charge in [-0.05, 0) is 12.1 Å². The Morgan fingerprint density at radius 2 is 1.84 bits per heavy atom. The Morgan fingerprint density at radius 3 is 2.63 bits per heavy atom. The van der Waals surface area contributed by atoms with Crippen molar-refractivity contribution in [3.05, 3.63) is 57.5 Å². The Labute approximate surface area is 108 Å². The lowest BCUT2D eigenvalue weighted by Gasteiger charge is -2.08. The number of nitrogens with zero attached hydrogens (tertiary/aromatic N) is 4. The summed E-state index contributed by atoms with van der Waals surface area (Å²) in [5, 5.41) is 0. The summed E-state index contributed by atoms with van der Waals surface area (Å²) in [6, 6.07) is 7.06. The van der Waals surface area contributed by atoms with E-state index >= 15 is 0 Å². The van der Waals surface area contributed by atoms with Gasteiger partial charge in [-0.15, -0.1) is 0 Å². The molecule has 0 radical (unpaired) electrons. The molecule has 0 fully saturated rings. The van der Waals surface area contributed by atoms with E-state index in [0.29, 0.717) is 11.4 Å². The third-order valence-corrected chi connectivity index (χ3v) is 3.21. The van der Waals surface area contributed by atoms with Gasteiger partial charge in [0.05, 0.1) is 17.6 Å². The van der Waals surface area contributed by atoms with Gasteiger partial charge < -0.3 is 0 Å². The summed E-state index contributed by atoms with van der Waals surface area (Å²) < 4.78 is 4.36. The molecule has 0 saturated heterocycles. The lowest BCUT2D eigenvalue weighted by molar-refractivity contribution is 0.690. The van der Waals surface area contributed by atoms with Crippen molar-refractivity contribution in [3.8, 4) is 11.4 Å². The minimum atomic E-state index is -0.353. The van der Waals surface area contributed by atoms with Crippen LogP contribution >= 0.6 is 0 Å². The molecule has 3 heterocycles. The highest BCUT2D eigenvalue weighted by atomic mass is 16.2. The number of imidazole rings is 1. The fourth-order valence-electron chi connectivity index (χ4n) is 2.10. The van der Waals surface area contributed by atoms with Crippen molar-refractivity contribution in [1.29, 1.82) is 0 Å². The highest BCUT2D eigenvalue weighted by Crippen LogP contribution is 2.17. The molecule has 0 saturated carbocycles. The van der Waals surface area contributed by atoms with Crippen LogP contribution < -0.4 is 11.2 Å². The van der Waals surface area contributed by atoms with E-state index in [0.717, 1.165) is 10.2 Å². The maximum absolute atomic E-state index is 11.9. The molecule has 0 unspecified atom stereocenters. The van der Waals surface area contributed by atoms with E-state index < -0.39 is 0 Å². The van der Waals surface area contributed by atoms with Crippen molar-refractivity contribution in [1.82, 2.24) is 18.5 Å². The van der Waals surface area contributed by atoms with Crippen LogP contribution in [0.4, 0.5) is 0 Å². The van der Waals surface area contributed by atoms with Crippen LogP contribution in [0.3, 0.4) is 0 Å². The summed E-state index contributed by atoms with van der Waals surface area (Å²) in [5.41, 5.74) is 1.35. The van der Waals surface area contributed by atoms with Gasteiger partial charge in [0.15, 0.2) is 0 Å². The second-order valence-corrected chi connectivity index (χ2v) is 4.34. The largest absolute Gasteiger partial charge is 0.330 e. The van der Waals surface area contributed by atoms with Crippen molar-refractivity contribution in [2.24, 2.45) is 14.1 Å². The van der Waals surface area contributed by atoms with Crippen LogP contribution in [0.25, 0.3) is 17.0 Å². The summed E-state index contributed by atoms with van der Waals surface area (Å²) in [6.07, 6.45) is 3.50. The van der Waals surface area contributed by atoms with Gasteiger partial charge >= 0.3 is 5.69 Å². The monoisotopic (exact) mass is 256 g/mol. The molecule has 6 heteroatoms. The van der Waals surface area contributed by atoms with E-state index in [1.54, 1.807) is 13.2 Å². The molecule has 0 spiro atoms. The summed E-state index contributed by atoms with van der Waals surface area (Å²) in [7, 11) is 3.10. The predicted molar refractivity (Wildman–Crippen MR) is 71.1 cm³/mol. The topological polar surface area (TPSA) is 61.3 Å². The molecule has 6 nitrogen and oxygen atoms in total. The van der Waals surface area contributed by atoms with Gasteiger partial charge in [0.25, 0.3) is 5.56 Å². The first-order valence-electron chi connectivity index (χ1n) is 5.79. The highest BCUT2D eigenvalue weighted by molar-refractivity contribution is 5.59. The second kappa shape index (κ2) is 3.94. The Kier molecular flexibility index (Phi) is 2.38. The molecule has 3 aromatic heterocycles. The number of fused-ring (bicyclic) bond motifs is 1. The molecule has 0 atom stereocenters. The normalized spacial score (nSPS) is 11.1. The predicted octanol–water partition coefficient (Wildman–Crippen LogP) is 0.399. The summed E-state index contributed by atoms with van der Waals surface area (Å²) >= 11 is 0. The third kappa shape index (κ3) is 1.61. The zero-order chi connectivity index (χ0) is 13.6. The standard InChI is InChI=1S/C13H12N4O2/c1-15-9(7-12(18)16(2)13(15)19)10-8-14-11-5-3-4-6-17(10)11/h3-8H,1-2H3. The van der Waals surface area contributed by atoms with Gasteiger partial charge in [0.1, 0.15) is 5.65 Å². The fraction of sp³-hybridized carbons (Fsp3) is 0.154. The molecule has 3 aromatic rings. The quantitative estimate of drug-likeness (QED) is 0.633. The average Bonchev–Trinajstić information content (AvgIpc) is 2.84. The molecule has 3 rings (SSSR count). The zero-order valence-electron chi connectivity index (χ0n) is 10.6. The molecule has 19 heavy (non-hydrogen) atoms. The molecule has 0 aliphatic carbocycles. The van der Waals surface area contributed by atoms with Crippen molar-refractivity contribution in [2.45, 2.75) is 0 Å².